The quantitative estimate of drug-likeness (QED) is 0.539. The molecule has 2 aromatic heterocycles. The number of aromatic nitrogens is 3. The maximum Gasteiger partial charge on any atom is 0.254 e. The number of pyridine rings is 1. The van der Waals surface area contributed by atoms with Crippen molar-refractivity contribution < 1.29 is 18.8 Å². The molecule has 0 aliphatic heterocycles. The zero-order valence-electron chi connectivity index (χ0n) is 11.6. The van der Waals surface area contributed by atoms with Gasteiger partial charge in [-0.2, -0.15) is 4.37 Å². The molecular formula is C13H18N3O3S+. The molecule has 0 saturated carbocycles. The maximum absolute atomic E-state index is 5.61. The normalized spacial score (nSPS) is 10.7. The van der Waals surface area contributed by atoms with Crippen LogP contribution in [0.15, 0.2) is 24.5 Å². The van der Waals surface area contributed by atoms with Gasteiger partial charge in [0.25, 0.3) is 5.88 Å². The van der Waals surface area contributed by atoms with E-state index in [4.69, 9.17) is 14.2 Å². The van der Waals surface area contributed by atoms with Gasteiger partial charge in [-0.1, -0.05) is 0 Å². The van der Waals surface area contributed by atoms with E-state index in [0.717, 1.165) is 23.0 Å². The van der Waals surface area contributed by atoms with Crippen LogP contribution in [-0.2, 0) is 16.5 Å². The second-order valence-corrected chi connectivity index (χ2v) is 4.66. The number of rotatable bonds is 8. The molecule has 2 rings (SSSR count). The molecule has 0 aliphatic rings. The minimum atomic E-state index is 0.446. The molecule has 0 aromatic carbocycles. The molecule has 0 aliphatic carbocycles. The molecule has 6 nitrogen and oxygen atoms in total. The first-order valence-electron chi connectivity index (χ1n) is 6.29. The Morgan fingerprint density at radius 2 is 2.05 bits per heavy atom. The molecule has 2 heterocycles. The molecule has 0 radical (unpaired) electrons. The molecule has 108 valence electrons. The molecular weight excluding hydrogens is 278 g/mol. The van der Waals surface area contributed by atoms with Crippen LogP contribution in [0.4, 0.5) is 0 Å². The Morgan fingerprint density at radius 1 is 1.20 bits per heavy atom. The average Bonchev–Trinajstić information content (AvgIpc) is 2.91. The highest BCUT2D eigenvalue weighted by Crippen LogP contribution is 2.26. The number of hydrogen-bond acceptors (Lipinski definition) is 6. The zero-order valence-corrected chi connectivity index (χ0v) is 12.4. The van der Waals surface area contributed by atoms with Gasteiger partial charge in [-0.05, 0) is 6.07 Å². The molecule has 0 N–H and O–H groups in total. The Bertz CT molecular complexity index is 533. The Labute approximate surface area is 122 Å². The Hall–Kier alpha value is -1.57. The lowest BCUT2D eigenvalue weighted by atomic mass is 10.2. The van der Waals surface area contributed by atoms with E-state index in [9.17, 15) is 0 Å². The number of methoxy groups -OCH3 is 1. The fraction of sp³-hybridized carbons (Fsp3) is 0.462. The van der Waals surface area contributed by atoms with Gasteiger partial charge in [0.15, 0.2) is 18.1 Å². The summed E-state index contributed by atoms with van der Waals surface area (Å²) in [6.45, 7) is 2.10. The van der Waals surface area contributed by atoms with Gasteiger partial charge in [-0.15, -0.1) is 4.37 Å². The van der Waals surface area contributed by atoms with Crippen LogP contribution >= 0.6 is 11.7 Å². The molecule has 0 saturated heterocycles. The summed E-state index contributed by atoms with van der Waals surface area (Å²) < 4.78 is 26.3. The highest BCUT2D eigenvalue weighted by Gasteiger charge is 2.14. The van der Waals surface area contributed by atoms with E-state index in [-0.39, 0.29) is 0 Å². The fourth-order valence-electron chi connectivity index (χ4n) is 1.62. The van der Waals surface area contributed by atoms with E-state index < -0.39 is 0 Å². The lowest BCUT2D eigenvalue weighted by Crippen LogP contribution is -2.26. The first kappa shape index (κ1) is 14.8. The Balaban J connectivity index is 1.89. The van der Waals surface area contributed by atoms with E-state index in [2.05, 4.69) is 8.75 Å². The topological polar surface area (TPSA) is 57.4 Å². The number of ether oxygens (including phenoxy) is 3. The molecule has 0 atom stereocenters. The largest absolute Gasteiger partial charge is 0.473 e. The highest BCUT2D eigenvalue weighted by molar-refractivity contribution is 6.99. The summed E-state index contributed by atoms with van der Waals surface area (Å²) in [5.74, 6) is 0.552. The molecule has 20 heavy (non-hydrogen) atoms. The van der Waals surface area contributed by atoms with Gasteiger partial charge in [-0.3, -0.25) is 0 Å². The summed E-state index contributed by atoms with van der Waals surface area (Å²) in [6, 6.07) is 3.95. The van der Waals surface area contributed by atoms with E-state index in [1.165, 1.54) is 0 Å². The minimum Gasteiger partial charge on any atom is -0.473 e. The van der Waals surface area contributed by atoms with Crippen molar-refractivity contribution in [1.82, 2.24) is 8.75 Å². The summed E-state index contributed by atoms with van der Waals surface area (Å²) in [6.07, 6.45) is 3.95. The number of nitrogens with zero attached hydrogens (tertiary/aromatic N) is 3. The summed E-state index contributed by atoms with van der Waals surface area (Å²) in [4.78, 5) is 0. The number of aryl methyl sites for hydroxylation is 1. The van der Waals surface area contributed by atoms with E-state index in [0.29, 0.717) is 32.3 Å². The maximum atomic E-state index is 5.61. The van der Waals surface area contributed by atoms with Gasteiger partial charge < -0.3 is 14.2 Å². The Kier molecular flexibility index (Phi) is 5.85. The van der Waals surface area contributed by atoms with Crippen molar-refractivity contribution in [3.8, 4) is 17.1 Å². The van der Waals surface area contributed by atoms with Crippen molar-refractivity contribution in [2.75, 3.05) is 33.5 Å². The highest BCUT2D eigenvalue weighted by atomic mass is 32.1. The Morgan fingerprint density at radius 3 is 2.85 bits per heavy atom. The molecule has 2 aromatic rings. The molecule has 7 heteroatoms. The van der Waals surface area contributed by atoms with Crippen LogP contribution in [0.5, 0.6) is 5.88 Å². The van der Waals surface area contributed by atoms with Crippen molar-refractivity contribution in [3.63, 3.8) is 0 Å². The van der Waals surface area contributed by atoms with Crippen molar-refractivity contribution in [2.45, 2.75) is 0 Å². The first-order chi connectivity index (χ1) is 9.81. The molecule has 0 fully saturated rings. The van der Waals surface area contributed by atoms with Crippen LogP contribution in [0.1, 0.15) is 0 Å². The summed E-state index contributed by atoms with van der Waals surface area (Å²) >= 11 is 1.14. The second-order valence-electron chi connectivity index (χ2n) is 4.13. The lowest BCUT2D eigenvalue weighted by molar-refractivity contribution is -0.671. The van der Waals surface area contributed by atoms with Gasteiger partial charge in [0.05, 0.1) is 37.1 Å². The minimum absolute atomic E-state index is 0.446. The van der Waals surface area contributed by atoms with Crippen LogP contribution in [0.3, 0.4) is 0 Å². The fourth-order valence-corrected chi connectivity index (χ4v) is 2.14. The predicted octanol–water partition coefficient (Wildman–Crippen LogP) is 1.07. The van der Waals surface area contributed by atoms with Crippen LogP contribution in [-0.4, -0.2) is 42.3 Å². The van der Waals surface area contributed by atoms with Crippen molar-refractivity contribution in [3.05, 3.63) is 24.5 Å². The molecule has 0 bridgehead atoms. The second kappa shape index (κ2) is 7.88. The number of hydrogen-bond donors (Lipinski definition) is 0. The van der Waals surface area contributed by atoms with Crippen molar-refractivity contribution in [1.29, 1.82) is 0 Å². The first-order valence-corrected chi connectivity index (χ1v) is 7.02. The monoisotopic (exact) mass is 296 g/mol. The predicted molar refractivity (Wildman–Crippen MR) is 74.7 cm³/mol. The third-order valence-corrected chi connectivity index (χ3v) is 3.08. The van der Waals surface area contributed by atoms with Gasteiger partial charge in [0, 0.05) is 13.2 Å². The van der Waals surface area contributed by atoms with E-state index in [1.807, 2.05) is 36.1 Å². The van der Waals surface area contributed by atoms with Crippen molar-refractivity contribution in [2.24, 2.45) is 7.05 Å². The smallest absolute Gasteiger partial charge is 0.254 e. The van der Waals surface area contributed by atoms with Gasteiger partial charge >= 0.3 is 0 Å². The summed E-state index contributed by atoms with van der Waals surface area (Å²) in [7, 11) is 3.61. The summed E-state index contributed by atoms with van der Waals surface area (Å²) in [5.41, 5.74) is 1.75. The van der Waals surface area contributed by atoms with Crippen molar-refractivity contribution >= 4 is 11.7 Å². The van der Waals surface area contributed by atoms with Gasteiger partial charge in [-0.25, -0.2) is 4.57 Å². The molecule has 0 unspecified atom stereocenters. The van der Waals surface area contributed by atoms with Crippen LogP contribution in [0.2, 0.25) is 0 Å². The van der Waals surface area contributed by atoms with Crippen LogP contribution in [0.25, 0.3) is 11.3 Å². The third kappa shape index (κ3) is 4.22. The van der Waals surface area contributed by atoms with E-state index in [1.54, 1.807) is 7.11 Å². The van der Waals surface area contributed by atoms with Crippen LogP contribution in [0, 0.1) is 0 Å². The lowest BCUT2D eigenvalue weighted by Gasteiger charge is -2.05. The van der Waals surface area contributed by atoms with E-state index >= 15 is 0 Å². The standard InChI is InChI=1S/C13H18N3O3S/c1-16-5-3-4-11(10-16)12-13(15-20-14-12)19-9-8-18-7-6-17-2/h3-5,10H,6-9H2,1-2H3/q+1. The van der Waals surface area contributed by atoms with Crippen LogP contribution < -0.4 is 9.30 Å². The zero-order chi connectivity index (χ0) is 14.2. The molecule has 0 spiro atoms. The third-order valence-electron chi connectivity index (χ3n) is 2.57. The molecule has 0 amide bonds. The summed E-state index contributed by atoms with van der Waals surface area (Å²) in [5, 5.41) is 0. The van der Waals surface area contributed by atoms with Gasteiger partial charge in [0.1, 0.15) is 13.7 Å². The van der Waals surface area contributed by atoms with Gasteiger partial charge in [0.2, 0.25) is 0 Å². The average molecular weight is 296 g/mol. The SMILES string of the molecule is COCCOCCOc1nsnc1-c1ccc[n+](C)c1.